The van der Waals surface area contributed by atoms with Gasteiger partial charge in [-0.3, -0.25) is 0 Å². The molecule has 2 aliphatic rings. The number of aliphatic hydroxyl groups excluding tert-OH is 1. The van der Waals surface area contributed by atoms with Crippen LogP contribution in [0.15, 0.2) is 36.5 Å². The molecular weight excluding hydrogens is 318 g/mol. The van der Waals surface area contributed by atoms with Gasteiger partial charge < -0.3 is 19.5 Å². The zero-order valence-electron chi connectivity index (χ0n) is 14.0. The van der Waals surface area contributed by atoms with Crippen LogP contribution in [0.25, 0.3) is 0 Å². The molecule has 4 rings (SSSR count). The van der Waals surface area contributed by atoms with E-state index in [1.165, 1.54) is 0 Å². The van der Waals surface area contributed by atoms with E-state index in [0.29, 0.717) is 18.7 Å². The largest absolute Gasteiger partial charge is 0.497 e. The quantitative estimate of drug-likeness (QED) is 0.922. The molecular formula is C19H19N3O3. The second kappa shape index (κ2) is 5.94. The number of nitrogens with zero attached hydrogens (tertiary/aromatic N) is 3. The number of ether oxygens (including phenoxy) is 2. The fourth-order valence-corrected chi connectivity index (χ4v) is 3.84. The molecule has 25 heavy (non-hydrogen) atoms. The van der Waals surface area contributed by atoms with Gasteiger partial charge in [0, 0.05) is 36.8 Å². The van der Waals surface area contributed by atoms with Crippen molar-refractivity contribution in [2.75, 3.05) is 38.3 Å². The van der Waals surface area contributed by atoms with Crippen molar-refractivity contribution in [2.45, 2.75) is 5.92 Å². The van der Waals surface area contributed by atoms with E-state index < -0.39 is 0 Å². The van der Waals surface area contributed by atoms with Crippen LogP contribution >= 0.6 is 0 Å². The van der Waals surface area contributed by atoms with Crippen molar-refractivity contribution in [1.82, 2.24) is 4.98 Å². The Morgan fingerprint density at radius 1 is 1.44 bits per heavy atom. The molecule has 2 aromatic rings. The number of nitriles is 1. The number of aliphatic hydroxyl groups is 1. The third-order valence-electron chi connectivity index (χ3n) is 5.28. The Bertz CT molecular complexity index is 831. The van der Waals surface area contributed by atoms with Crippen LogP contribution in [0.1, 0.15) is 17.0 Å². The van der Waals surface area contributed by atoms with Gasteiger partial charge in [0.2, 0.25) is 0 Å². The molecule has 3 heterocycles. The van der Waals surface area contributed by atoms with Gasteiger partial charge in [0.05, 0.1) is 31.3 Å². The third-order valence-corrected chi connectivity index (χ3v) is 5.28. The highest BCUT2D eigenvalue weighted by Crippen LogP contribution is 2.50. The smallest absolute Gasteiger partial charge is 0.128 e. The summed E-state index contributed by atoms with van der Waals surface area (Å²) in [5.74, 6) is 2.56. The minimum atomic E-state index is -0.350. The summed E-state index contributed by atoms with van der Waals surface area (Å²) in [4.78, 5) is 6.56. The van der Waals surface area contributed by atoms with Gasteiger partial charge in [0.25, 0.3) is 0 Å². The number of benzene rings is 1. The lowest BCUT2D eigenvalue weighted by Crippen LogP contribution is -2.42. The van der Waals surface area contributed by atoms with Crippen LogP contribution in [0.5, 0.6) is 11.5 Å². The topological polar surface area (TPSA) is 78.6 Å². The number of hydrogen-bond donors (Lipinski definition) is 1. The van der Waals surface area contributed by atoms with Crippen molar-refractivity contribution in [2.24, 2.45) is 5.41 Å². The molecule has 1 saturated heterocycles. The maximum atomic E-state index is 10.1. The van der Waals surface area contributed by atoms with E-state index in [4.69, 9.17) is 14.7 Å². The number of methoxy groups -OCH3 is 1. The van der Waals surface area contributed by atoms with Crippen molar-refractivity contribution >= 4 is 5.82 Å². The molecule has 2 aliphatic heterocycles. The first kappa shape index (κ1) is 15.7. The summed E-state index contributed by atoms with van der Waals surface area (Å²) in [5, 5.41) is 19.1. The number of anilines is 1. The first-order valence-electron chi connectivity index (χ1n) is 8.22. The second-order valence-electron chi connectivity index (χ2n) is 6.66. The second-order valence-corrected chi connectivity index (χ2v) is 6.66. The average molecular weight is 337 g/mol. The summed E-state index contributed by atoms with van der Waals surface area (Å²) in [7, 11) is 1.64. The lowest BCUT2D eigenvalue weighted by atomic mass is 9.74. The van der Waals surface area contributed by atoms with Crippen LogP contribution in [-0.4, -0.2) is 43.5 Å². The van der Waals surface area contributed by atoms with E-state index in [-0.39, 0.29) is 17.9 Å². The molecule has 1 N–H and O–H groups in total. The molecule has 6 heteroatoms. The van der Waals surface area contributed by atoms with Gasteiger partial charge in [-0.05, 0) is 18.2 Å². The van der Waals surface area contributed by atoms with E-state index >= 15 is 0 Å². The fourth-order valence-electron chi connectivity index (χ4n) is 3.84. The molecule has 1 aromatic carbocycles. The van der Waals surface area contributed by atoms with Crippen LogP contribution in [0.4, 0.5) is 5.82 Å². The molecule has 0 aliphatic carbocycles. The molecule has 0 spiro atoms. The average Bonchev–Trinajstić information content (AvgIpc) is 3.08. The first-order chi connectivity index (χ1) is 12.2. The number of hydrogen-bond acceptors (Lipinski definition) is 6. The van der Waals surface area contributed by atoms with E-state index in [9.17, 15) is 5.11 Å². The predicted molar refractivity (Wildman–Crippen MR) is 91.9 cm³/mol. The molecule has 0 bridgehead atoms. The van der Waals surface area contributed by atoms with Crippen molar-refractivity contribution in [3.05, 3.63) is 47.7 Å². The zero-order valence-corrected chi connectivity index (χ0v) is 14.0. The number of fused-ring (bicyclic) bond motifs is 3. The Hall–Kier alpha value is -2.78. The Morgan fingerprint density at radius 2 is 2.32 bits per heavy atom. The fraction of sp³-hybridized carbons (Fsp3) is 0.368. The van der Waals surface area contributed by atoms with Gasteiger partial charge in [-0.1, -0.05) is 6.07 Å². The van der Waals surface area contributed by atoms with Crippen LogP contribution < -0.4 is 14.4 Å². The summed E-state index contributed by atoms with van der Waals surface area (Å²) in [6, 6.07) is 11.6. The summed E-state index contributed by atoms with van der Waals surface area (Å²) in [5.41, 5.74) is 1.28. The van der Waals surface area contributed by atoms with Crippen LogP contribution in [0.3, 0.4) is 0 Å². The molecule has 1 unspecified atom stereocenters. The lowest BCUT2D eigenvalue weighted by Gasteiger charge is -2.37. The van der Waals surface area contributed by atoms with Crippen LogP contribution in [-0.2, 0) is 0 Å². The van der Waals surface area contributed by atoms with Gasteiger partial charge >= 0.3 is 0 Å². The highest BCUT2D eigenvalue weighted by molar-refractivity contribution is 5.51. The highest BCUT2D eigenvalue weighted by atomic mass is 16.5. The van der Waals surface area contributed by atoms with Gasteiger partial charge in [-0.2, -0.15) is 5.26 Å². The Kier molecular flexibility index (Phi) is 3.74. The minimum Gasteiger partial charge on any atom is -0.497 e. The molecule has 6 nitrogen and oxygen atoms in total. The number of pyridine rings is 1. The molecule has 0 saturated carbocycles. The summed E-state index contributed by atoms with van der Waals surface area (Å²) in [6.07, 6.45) is 1.58. The van der Waals surface area contributed by atoms with Gasteiger partial charge in [0.15, 0.2) is 0 Å². The summed E-state index contributed by atoms with van der Waals surface area (Å²) < 4.78 is 11.2. The molecule has 128 valence electrons. The van der Waals surface area contributed by atoms with Gasteiger partial charge in [-0.15, -0.1) is 0 Å². The van der Waals surface area contributed by atoms with Crippen molar-refractivity contribution in [1.29, 1.82) is 5.26 Å². The Morgan fingerprint density at radius 3 is 3.00 bits per heavy atom. The molecule has 0 radical (unpaired) electrons. The van der Waals surface area contributed by atoms with Crippen LogP contribution in [0, 0.1) is 16.7 Å². The lowest BCUT2D eigenvalue weighted by molar-refractivity contribution is 0.0533. The maximum Gasteiger partial charge on any atom is 0.128 e. The minimum absolute atomic E-state index is 0.0515. The number of rotatable bonds is 3. The standard InChI is InChI=1S/C19H19N3O3/c1-24-14-3-4-15-16-9-22(18-5-2-13(7-20)8-21-18)10-19(16,11-23)12-25-17(15)6-14/h2-6,8,16,23H,9-12H2,1H3/t16?,19-/m1/s1. The van der Waals surface area contributed by atoms with Crippen molar-refractivity contribution in [3.8, 4) is 17.6 Å². The molecule has 1 fully saturated rings. The van der Waals surface area contributed by atoms with E-state index in [0.717, 1.165) is 29.4 Å². The normalized spacial score (nSPS) is 24.0. The maximum absolute atomic E-state index is 10.1. The monoisotopic (exact) mass is 337 g/mol. The zero-order chi connectivity index (χ0) is 17.4. The molecule has 2 atom stereocenters. The SMILES string of the molecule is COc1ccc2c(c1)OC[C@]1(CO)CN(c3ccc(C#N)cn3)CC21. The van der Waals surface area contributed by atoms with Crippen molar-refractivity contribution < 1.29 is 14.6 Å². The van der Waals surface area contributed by atoms with Gasteiger partial charge in [-0.25, -0.2) is 4.98 Å². The first-order valence-corrected chi connectivity index (χ1v) is 8.22. The summed E-state index contributed by atoms with van der Waals surface area (Å²) in [6.45, 7) is 1.93. The summed E-state index contributed by atoms with van der Waals surface area (Å²) >= 11 is 0. The van der Waals surface area contributed by atoms with E-state index in [2.05, 4.69) is 16.0 Å². The van der Waals surface area contributed by atoms with Crippen molar-refractivity contribution in [3.63, 3.8) is 0 Å². The van der Waals surface area contributed by atoms with E-state index in [1.807, 2.05) is 24.3 Å². The third kappa shape index (κ3) is 2.48. The Labute approximate surface area is 146 Å². The predicted octanol–water partition coefficient (Wildman–Crippen LogP) is 1.94. The van der Waals surface area contributed by atoms with E-state index in [1.54, 1.807) is 19.4 Å². The highest BCUT2D eigenvalue weighted by Gasteiger charge is 2.51. The molecule has 0 amide bonds. The van der Waals surface area contributed by atoms with Gasteiger partial charge in [0.1, 0.15) is 23.4 Å². The van der Waals surface area contributed by atoms with Crippen LogP contribution in [0.2, 0.25) is 0 Å². The Balaban J connectivity index is 1.68. The number of aromatic nitrogens is 1. The molecule has 1 aromatic heterocycles.